The molecule has 1 unspecified atom stereocenters. The van der Waals surface area contributed by atoms with E-state index in [1.54, 1.807) is 4.68 Å². The second kappa shape index (κ2) is 5.51. The Balaban J connectivity index is 2.29. The number of nitrogens with zero attached hydrogens (tertiary/aromatic N) is 2. The molecule has 0 saturated heterocycles. The predicted octanol–water partition coefficient (Wildman–Crippen LogP) is 4.46. The van der Waals surface area contributed by atoms with E-state index in [2.05, 4.69) is 26.3 Å². The van der Waals surface area contributed by atoms with Crippen LogP contribution in [0.4, 0.5) is 10.1 Å². The summed E-state index contributed by atoms with van der Waals surface area (Å²) in [6.45, 7) is 3.96. The molecule has 102 valence electrons. The summed E-state index contributed by atoms with van der Waals surface area (Å²) < 4.78 is 15.6. The number of aromatic nitrogens is 2. The van der Waals surface area contributed by atoms with Crippen LogP contribution in [-0.4, -0.2) is 9.78 Å². The van der Waals surface area contributed by atoms with Crippen LogP contribution in [-0.2, 0) is 7.05 Å². The fourth-order valence-corrected chi connectivity index (χ4v) is 2.94. The SMILES string of the molecule is Cc1nn(C)cc1C(C)Nc1c(Cl)cc(F)cc1Br. The summed E-state index contributed by atoms with van der Waals surface area (Å²) in [6, 6.07) is 2.70. The zero-order chi connectivity index (χ0) is 14.2. The molecular weight excluding hydrogens is 333 g/mol. The van der Waals surface area contributed by atoms with E-state index in [4.69, 9.17) is 11.6 Å². The van der Waals surface area contributed by atoms with Crippen molar-refractivity contribution in [3.8, 4) is 0 Å². The Labute approximate surface area is 124 Å². The number of rotatable bonds is 3. The average Bonchev–Trinajstić information content (AvgIpc) is 2.62. The fraction of sp³-hybridized carbons (Fsp3) is 0.308. The van der Waals surface area contributed by atoms with Crippen LogP contribution in [0.15, 0.2) is 22.8 Å². The van der Waals surface area contributed by atoms with E-state index in [0.717, 1.165) is 11.3 Å². The van der Waals surface area contributed by atoms with Crippen LogP contribution in [0.1, 0.15) is 24.2 Å². The molecule has 0 amide bonds. The topological polar surface area (TPSA) is 29.9 Å². The molecule has 19 heavy (non-hydrogen) atoms. The van der Waals surface area contributed by atoms with Gasteiger partial charge in [-0.15, -0.1) is 0 Å². The van der Waals surface area contributed by atoms with E-state index in [1.165, 1.54) is 12.1 Å². The molecular formula is C13H14BrClFN3. The molecule has 0 bridgehead atoms. The Morgan fingerprint density at radius 3 is 2.68 bits per heavy atom. The monoisotopic (exact) mass is 345 g/mol. The highest BCUT2D eigenvalue weighted by Gasteiger charge is 2.15. The van der Waals surface area contributed by atoms with Crippen molar-refractivity contribution in [3.05, 3.63) is 44.9 Å². The Morgan fingerprint density at radius 1 is 1.47 bits per heavy atom. The predicted molar refractivity (Wildman–Crippen MR) is 79.1 cm³/mol. The lowest BCUT2D eigenvalue weighted by atomic mass is 10.1. The van der Waals surface area contributed by atoms with Crippen LogP contribution in [0.3, 0.4) is 0 Å². The Hall–Kier alpha value is -1.07. The van der Waals surface area contributed by atoms with E-state index >= 15 is 0 Å². The third-order valence-corrected chi connectivity index (χ3v) is 3.81. The molecule has 0 radical (unpaired) electrons. The van der Waals surface area contributed by atoms with Crippen LogP contribution in [0.25, 0.3) is 0 Å². The molecule has 2 rings (SSSR count). The van der Waals surface area contributed by atoms with Crippen molar-refractivity contribution in [3.63, 3.8) is 0 Å². The van der Waals surface area contributed by atoms with E-state index in [1.807, 2.05) is 27.1 Å². The van der Waals surface area contributed by atoms with Gasteiger partial charge in [0.25, 0.3) is 0 Å². The first kappa shape index (κ1) is 14.3. The maximum atomic E-state index is 13.2. The van der Waals surface area contributed by atoms with Gasteiger partial charge in [-0.3, -0.25) is 4.68 Å². The number of hydrogen-bond acceptors (Lipinski definition) is 2. The number of benzene rings is 1. The zero-order valence-electron chi connectivity index (χ0n) is 10.8. The van der Waals surface area contributed by atoms with E-state index in [9.17, 15) is 4.39 Å². The smallest absolute Gasteiger partial charge is 0.125 e. The maximum Gasteiger partial charge on any atom is 0.125 e. The minimum absolute atomic E-state index is 0.0213. The van der Waals surface area contributed by atoms with Gasteiger partial charge >= 0.3 is 0 Å². The zero-order valence-corrected chi connectivity index (χ0v) is 13.2. The molecule has 1 atom stereocenters. The molecule has 1 aromatic heterocycles. The Bertz CT molecular complexity index is 589. The summed E-state index contributed by atoms with van der Waals surface area (Å²) in [6.07, 6.45) is 1.96. The normalized spacial score (nSPS) is 12.5. The Kier molecular flexibility index (Phi) is 4.16. The highest BCUT2D eigenvalue weighted by Crippen LogP contribution is 2.34. The van der Waals surface area contributed by atoms with Gasteiger partial charge < -0.3 is 5.32 Å². The molecule has 0 aliphatic carbocycles. The summed E-state index contributed by atoms with van der Waals surface area (Å²) in [7, 11) is 1.88. The largest absolute Gasteiger partial charge is 0.376 e. The minimum Gasteiger partial charge on any atom is -0.376 e. The van der Waals surface area contributed by atoms with Crippen LogP contribution < -0.4 is 5.32 Å². The number of hydrogen-bond donors (Lipinski definition) is 1. The summed E-state index contributed by atoms with van der Waals surface area (Å²) in [5.41, 5.74) is 2.71. The van der Waals surface area contributed by atoms with Crippen LogP contribution in [0, 0.1) is 12.7 Å². The maximum absolute atomic E-state index is 13.2. The van der Waals surface area contributed by atoms with Crippen molar-refractivity contribution in [1.82, 2.24) is 9.78 Å². The lowest BCUT2D eigenvalue weighted by Gasteiger charge is -2.17. The molecule has 0 fully saturated rings. The highest BCUT2D eigenvalue weighted by atomic mass is 79.9. The first-order valence-corrected chi connectivity index (χ1v) is 6.97. The number of halogens is 3. The van der Waals surface area contributed by atoms with Gasteiger partial charge in [0, 0.05) is 23.3 Å². The molecule has 6 heteroatoms. The van der Waals surface area contributed by atoms with Gasteiger partial charge in [-0.2, -0.15) is 5.10 Å². The standard InChI is InChI=1S/C13H14BrClFN3/c1-7(10-6-19(3)18-8(10)2)17-13-11(14)4-9(16)5-12(13)15/h4-7,17H,1-3H3. The van der Waals surface area contributed by atoms with Crippen molar-refractivity contribution < 1.29 is 4.39 Å². The molecule has 0 spiro atoms. The molecule has 1 aromatic carbocycles. The first-order chi connectivity index (χ1) is 8.88. The first-order valence-electron chi connectivity index (χ1n) is 5.79. The molecule has 3 nitrogen and oxygen atoms in total. The van der Waals surface area contributed by atoms with Crippen LogP contribution >= 0.6 is 27.5 Å². The lowest BCUT2D eigenvalue weighted by molar-refractivity contribution is 0.627. The van der Waals surface area contributed by atoms with Gasteiger partial charge in [-0.1, -0.05) is 11.6 Å². The van der Waals surface area contributed by atoms with Crippen molar-refractivity contribution in [2.75, 3.05) is 5.32 Å². The number of anilines is 1. The van der Waals surface area contributed by atoms with E-state index < -0.39 is 0 Å². The van der Waals surface area contributed by atoms with Gasteiger partial charge in [0.15, 0.2) is 0 Å². The quantitative estimate of drug-likeness (QED) is 0.889. The average molecular weight is 347 g/mol. The molecule has 2 aromatic rings. The van der Waals surface area contributed by atoms with E-state index in [0.29, 0.717) is 15.2 Å². The fourth-order valence-electron chi connectivity index (χ4n) is 2.02. The Morgan fingerprint density at radius 2 is 2.16 bits per heavy atom. The summed E-state index contributed by atoms with van der Waals surface area (Å²) in [5, 5.41) is 7.93. The van der Waals surface area contributed by atoms with Gasteiger partial charge in [0.2, 0.25) is 0 Å². The van der Waals surface area contributed by atoms with Crippen molar-refractivity contribution in [2.45, 2.75) is 19.9 Å². The molecule has 0 saturated carbocycles. The summed E-state index contributed by atoms with van der Waals surface area (Å²) in [4.78, 5) is 0. The molecule has 1 N–H and O–H groups in total. The van der Waals surface area contributed by atoms with Gasteiger partial charge in [0.05, 0.1) is 22.4 Å². The second-order valence-electron chi connectivity index (χ2n) is 4.45. The molecule has 1 heterocycles. The van der Waals surface area contributed by atoms with E-state index in [-0.39, 0.29) is 11.9 Å². The van der Waals surface area contributed by atoms with Crippen LogP contribution in [0.2, 0.25) is 5.02 Å². The van der Waals surface area contributed by atoms with Crippen molar-refractivity contribution in [1.29, 1.82) is 0 Å². The highest BCUT2D eigenvalue weighted by molar-refractivity contribution is 9.10. The minimum atomic E-state index is -0.368. The third kappa shape index (κ3) is 3.09. The summed E-state index contributed by atoms with van der Waals surface area (Å²) >= 11 is 9.37. The number of aryl methyl sites for hydroxylation is 2. The van der Waals surface area contributed by atoms with Gasteiger partial charge in [-0.25, -0.2) is 4.39 Å². The van der Waals surface area contributed by atoms with Crippen molar-refractivity contribution in [2.24, 2.45) is 7.05 Å². The van der Waals surface area contributed by atoms with Crippen LogP contribution in [0.5, 0.6) is 0 Å². The van der Waals surface area contributed by atoms with Gasteiger partial charge in [0.1, 0.15) is 5.82 Å². The molecule has 0 aliphatic rings. The molecule has 0 aliphatic heterocycles. The lowest BCUT2D eigenvalue weighted by Crippen LogP contribution is -2.08. The number of nitrogens with one attached hydrogen (secondary N) is 1. The third-order valence-electron chi connectivity index (χ3n) is 2.89. The second-order valence-corrected chi connectivity index (χ2v) is 5.72. The van der Waals surface area contributed by atoms with Crippen molar-refractivity contribution >= 4 is 33.2 Å². The van der Waals surface area contributed by atoms with Gasteiger partial charge in [-0.05, 0) is 41.9 Å². The summed E-state index contributed by atoms with van der Waals surface area (Å²) in [5.74, 6) is -0.368.